The van der Waals surface area contributed by atoms with E-state index in [4.69, 9.17) is 0 Å². The van der Waals surface area contributed by atoms with E-state index in [9.17, 15) is 5.11 Å². The van der Waals surface area contributed by atoms with E-state index < -0.39 is 5.60 Å². The number of aliphatic imine (C=N–C) groups is 1. The van der Waals surface area contributed by atoms with Gasteiger partial charge in [0.2, 0.25) is 0 Å². The third-order valence-corrected chi connectivity index (χ3v) is 4.49. The summed E-state index contributed by atoms with van der Waals surface area (Å²) in [6.45, 7) is 8.41. The first-order valence-corrected chi connectivity index (χ1v) is 9.28. The zero-order valence-electron chi connectivity index (χ0n) is 14.6. The van der Waals surface area contributed by atoms with Crippen LogP contribution in [0.3, 0.4) is 0 Å². The van der Waals surface area contributed by atoms with Gasteiger partial charge in [0.25, 0.3) is 0 Å². The van der Waals surface area contributed by atoms with Crippen LogP contribution in [0.4, 0.5) is 0 Å². The first-order chi connectivity index (χ1) is 10.6. The van der Waals surface area contributed by atoms with E-state index in [-0.39, 0.29) is 24.0 Å². The van der Waals surface area contributed by atoms with E-state index in [0.717, 1.165) is 51.2 Å². The van der Waals surface area contributed by atoms with Crippen molar-refractivity contribution in [2.75, 3.05) is 19.6 Å². The summed E-state index contributed by atoms with van der Waals surface area (Å²) >= 11 is 1.78. The van der Waals surface area contributed by atoms with Gasteiger partial charge in [-0.15, -0.1) is 35.3 Å². The van der Waals surface area contributed by atoms with Crippen LogP contribution in [0.15, 0.2) is 22.5 Å². The number of rotatable bonds is 10. The van der Waals surface area contributed by atoms with Gasteiger partial charge in [0.15, 0.2) is 5.96 Å². The highest BCUT2D eigenvalue weighted by Gasteiger charge is 2.24. The van der Waals surface area contributed by atoms with Crippen LogP contribution in [0.25, 0.3) is 0 Å². The molecule has 134 valence electrons. The maximum atomic E-state index is 10.6. The Bertz CT molecular complexity index is 417. The Labute approximate surface area is 162 Å². The molecule has 0 bridgehead atoms. The highest BCUT2D eigenvalue weighted by Crippen LogP contribution is 2.19. The van der Waals surface area contributed by atoms with Gasteiger partial charge in [0.05, 0.1) is 12.1 Å². The van der Waals surface area contributed by atoms with Crippen LogP contribution in [0, 0.1) is 0 Å². The van der Waals surface area contributed by atoms with E-state index in [0.29, 0.717) is 6.54 Å². The summed E-state index contributed by atoms with van der Waals surface area (Å²) in [5, 5.41) is 19.3. The maximum Gasteiger partial charge on any atom is 0.191 e. The summed E-state index contributed by atoms with van der Waals surface area (Å²) in [6.07, 6.45) is 4.57. The number of hydrogen-bond donors (Lipinski definition) is 3. The molecular weight excluding hydrogens is 421 g/mol. The third kappa shape index (κ3) is 9.52. The molecule has 0 atom stereocenters. The van der Waals surface area contributed by atoms with Gasteiger partial charge < -0.3 is 15.7 Å². The molecule has 3 N–H and O–H groups in total. The molecule has 0 aliphatic carbocycles. The molecule has 0 aliphatic rings. The molecule has 0 radical (unpaired) electrons. The molecule has 0 amide bonds. The van der Waals surface area contributed by atoms with Crippen molar-refractivity contribution in [2.24, 2.45) is 4.99 Å². The summed E-state index contributed by atoms with van der Waals surface area (Å²) in [7, 11) is 0. The second kappa shape index (κ2) is 13.0. The third-order valence-electron chi connectivity index (χ3n) is 3.55. The number of nitrogens with zero attached hydrogens (tertiary/aromatic N) is 1. The smallest absolute Gasteiger partial charge is 0.191 e. The topological polar surface area (TPSA) is 56.7 Å². The summed E-state index contributed by atoms with van der Waals surface area (Å²) in [5.41, 5.74) is -0.667. The average Bonchev–Trinajstić information content (AvgIpc) is 2.99. The quantitative estimate of drug-likeness (QED) is 0.287. The number of nitrogens with one attached hydrogen (secondary N) is 2. The summed E-state index contributed by atoms with van der Waals surface area (Å²) in [6, 6.07) is 4.23. The van der Waals surface area contributed by atoms with Crippen LogP contribution in [0.1, 0.15) is 51.3 Å². The minimum atomic E-state index is -0.667. The van der Waals surface area contributed by atoms with Crippen LogP contribution < -0.4 is 10.6 Å². The molecular formula is C17H32IN3OS. The molecule has 0 spiro atoms. The Hall–Kier alpha value is -0.340. The van der Waals surface area contributed by atoms with Crippen LogP contribution in [0.2, 0.25) is 0 Å². The van der Waals surface area contributed by atoms with Gasteiger partial charge in [0, 0.05) is 18.0 Å². The van der Waals surface area contributed by atoms with Gasteiger partial charge in [-0.1, -0.05) is 32.8 Å². The fourth-order valence-electron chi connectivity index (χ4n) is 2.54. The van der Waals surface area contributed by atoms with Gasteiger partial charge in [-0.25, -0.2) is 0 Å². The van der Waals surface area contributed by atoms with Crippen LogP contribution >= 0.6 is 35.3 Å². The van der Waals surface area contributed by atoms with E-state index in [1.54, 1.807) is 11.3 Å². The largest absolute Gasteiger partial charge is 0.388 e. The lowest BCUT2D eigenvalue weighted by Gasteiger charge is -2.26. The number of halogens is 1. The van der Waals surface area contributed by atoms with Crippen molar-refractivity contribution in [1.29, 1.82) is 0 Å². The average molecular weight is 453 g/mol. The van der Waals surface area contributed by atoms with Crippen LogP contribution in [-0.4, -0.2) is 36.3 Å². The second-order valence-corrected chi connectivity index (χ2v) is 6.71. The van der Waals surface area contributed by atoms with Crippen molar-refractivity contribution in [1.82, 2.24) is 10.6 Å². The van der Waals surface area contributed by atoms with Crippen LogP contribution in [-0.2, 0) is 6.42 Å². The Morgan fingerprint density at radius 3 is 2.43 bits per heavy atom. The normalized spacial score (nSPS) is 11.9. The van der Waals surface area contributed by atoms with Crippen molar-refractivity contribution < 1.29 is 5.11 Å². The molecule has 0 saturated heterocycles. The fourth-order valence-corrected chi connectivity index (χ4v) is 3.25. The maximum absolute atomic E-state index is 10.6. The standard InChI is InChI=1S/C17H31N3OS.HI/c1-4-10-17(21,11-5-2)14-20-16(18-6-3)19-12-9-15-8-7-13-22-15;/h7-8,13,21H,4-6,9-12,14H2,1-3H3,(H2,18,19,20);1H. The Balaban J connectivity index is 0.00000484. The minimum absolute atomic E-state index is 0. The van der Waals surface area contributed by atoms with Gasteiger partial charge in [-0.3, -0.25) is 4.99 Å². The molecule has 1 aromatic heterocycles. The van der Waals surface area contributed by atoms with E-state index >= 15 is 0 Å². The van der Waals surface area contributed by atoms with E-state index in [2.05, 4.69) is 53.9 Å². The monoisotopic (exact) mass is 453 g/mol. The first kappa shape index (κ1) is 22.7. The molecule has 6 heteroatoms. The predicted molar refractivity (Wildman–Crippen MR) is 112 cm³/mol. The van der Waals surface area contributed by atoms with Gasteiger partial charge in [-0.05, 0) is 37.6 Å². The zero-order valence-corrected chi connectivity index (χ0v) is 17.7. The molecule has 0 unspecified atom stereocenters. The van der Waals surface area contributed by atoms with Crippen molar-refractivity contribution in [3.8, 4) is 0 Å². The van der Waals surface area contributed by atoms with Crippen molar-refractivity contribution in [2.45, 2.75) is 58.5 Å². The summed E-state index contributed by atoms with van der Waals surface area (Å²) < 4.78 is 0. The predicted octanol–water partition coefficient (Wildman–Crippen LogP) is 3.80. The van der Waals surface area contributed by atoms with Crippen molar-refractivity contribution in [3.63, 3.8) is 0 Å². The second-order valence-electron chi connectivity index (χ2n) is 5.68. The minimum Gasteiger partial charge on any atom is -0.388 e. The zero-order chi connectivity index (χ0) is 16.3. The van der Waals surface area contributed by atoms with Crippen molar-refractivity contribution >= 4 is 41.3 Å². The van der Waals surface area contributed by atoms with Crippen LogP contribution in [0.5, 0.6) is 0 Å². The Morgan fingerprint density at radius 2 is 1.91 bits per heavy atom. The lowest BCUT2D eigenvalue weighted by atomic mass is 9.93. The lowest BCUT2D eigenvalue weighted by Crippen LogP contribution is -2.40. The summed E-state index contributed by atoms with van der Waals surface area (Å²) in [5.74, 6) is 0.796. The highest BCUT2D eigenvalue weighted by atomic mass is 127. The number of guanidine groups is 1. The van der Waals surface area contributed by atoms with Gasteiger partial charge >= 0.3 is 0 Å². The molecule has 1 aromatic rings. The molecule has 0 aliphatic heterocycles. The molecule has 4 nitrogen and oxygen atoms in total. The van der Waals surface area contributed by atoms with Crippen molar-refractivity contribution in [3.05, 3.63) is 22.4 Å². The highest BCUT2D eigenvalue weighted by molar-refractivity contribution is 14.0. The summed E-state index contributed by atoms with van der Waals surface area (Å²) in [4.78, 5) is 5.96. The lowest BCUT2D eigenvalue weighted by molar-refractivity contribution is 0.0306. The van der Waals surface area contributed by atoms with Gasteiger partial charge in [0.1, 0.15) is 0 Å². The molecule has 23 heavy (non-hydrogen) atoms. The SMILES string of the molecule is CCCC(O)(CCC)CN=C(NCC)NCCc1cccs1.I. The fraction of sp³-hybridized carbons (Fsp3) is 0.706. The molecule has 1 rings (SSSR count). The Morgan fingerprint density at radius 1 is 1.22 bits per heavy atom. The number of hydrogen-bond acceptors (Lipinski definition) is 3. The first-order valence-electron chi connectivity index (χ1n) is 8.40. The van der Waals surface area contributed by atoms with Gasteiger partial charge in [-0.2, -0.15) is 0 Å². The molecule has 0 aromatic carbocycles. The Kier molecular flexibility index (Phi) is 12.8. The number of aliphatic hydroxyl groups is 1. The molecule has 0 fully saturated rings. The molecule has 0 saturated carbocycles. The van der Waals surface area contributed by atoms with E-state index in [1.807, 2.05) is 0 Å². The van der Waals surface area contributed by atoms with E-state index in [1.165, 1.54) is 4.88 Å². The number of thiophene rings is 1. The molecule has 1 heterocycles.